The van der Waals surface area contributed by atoms with E-state index in [1.54, 1.807) is 6.07 Å². The summed E-state index contributed by atoms with van der Waals surface area (Å²) in [4.78, 5) is 14.8. The Morgan fingerprint density at radius 2 is 1.93 bits per heavy atom. The van der Waals surface area contributed by atoms with Gasteiger partial charge >= 0.3 is 0 Å². The lowest BCUT2D eigenvalue weighted by atomic mass is 10.0. The number of rotatable bonds is 4. The van der Waals surface area contributed by atoms with Gasteiger partial charge in [-0.15, -0.1) is 0 Å². The summed E-state index contributed by atoms with van der Waals surface area (Å²) < 4.78 is 19.5. The predicted octanol–water partition coefficient (Wildman–Crippen LogP) is 3.92. The van der Waals surface area contributed by atoms with Crippen molar-refractivity contribution in [3.63, 3.8) is 0 Å². The summed E-state index contributed by atoms with van der Waals surface area (Å²) in [6, 6.07) is 12.0. The van der Waals surface area contributed by atoms with Gasteiger partial charge in [0.05, 0.1) is 18.9 Å². The van der Waals surface area contributed by atoms with E-state index in [-0.39, 0.29) is 11.5 Å². The zero-order valence-corrected chi connectivity index (χ0v) is 16.5. The number of aromatic nitrogens is 2. The second kappa shape index (κ2) is 8.05. The smallest absolute Gasteiger partial charge is 0.255 e. The number of carbonyl (C=O) groups excluding carboxylic acids is 1. The Morgan fingerprint density at radius 3 is 2.66 bits per heavy atom. The maximum Gasteiger partial charge on any atom is 0.255 e. The van der Waals surface area contributed by atoms with Crippen LogP contribution in [0.1, 0.15) is 21.6 Å². The summed E-state index contributed by atoms with van der Waals surface area (Å²) in [5.74, 6) is -0.789. The van der Waals surface area contributed by atoms with E-state index in [4.69, 9.17) is 4.74 Å². The molecule has 7 heteroatoms. The molecule has 6 nitrogen and oxygen atoms in total. The molecule has 4 rings (SSSR count). The second-order valence-electron chi connectivity index (χ2n) is 7.22. The Labute approximate surface area is 168 Å². The lowest BCUT2D eigenvalue weighted by Gasteiger charge is -2.29. The standard InChI is InChI=1S/C22H23FN4O2/c1-14-3-4-18(13-20(14)21-9-15(2)25-26-21)24-22(28)16-10-17(23)12-19(11-16)27-5-7-29-8-6-27/h3-4,9-13H,5-8H2,1-2H3,(H,24,28)(H,25,26). The van der Waals surface area contributed by atoms with Crippen molar-refractivity contribution in [2.75, 3.05) is 36.5 Å². The maximum absolute atomic E-state index is 14.2. The molecule has 150 valence electrons. The Morgan fingerprint density at radius 1 is 1.14 bits per heavy atom. The molecule has 1 fully saturated rings. The first-order valence-electron chi connectivity index (χ1n) is 9.57. The molecule has 1 aromatic heterocycles. The van der Waals surface area contributed by atoms with Crippen molar-refractivity contribution < 1.29 is 13.9 Å². The number of nitrogens with one attached hydrogen (secondary N) is 2. The minimum Gasteiger partial charge on any atom is -0.378 e. The van der Waals surface area contributed by atoms with Crippen LogP contribution in [0.3, 0.4) is 0 Å². The number of morpholine rings is 1. The van der Waals surface area contributed by atoms with Crippen LogP contribution in [0.15, 0.2) is 42.5 Å². The molecule has 2 aromatic carbocycles. The van der Waals surface area contributed by atoms with Gasteiger partial charge < -0.3 is 15.0 Å². The third-order valence-corrected chi connectivity index (χ3v) is 5.00. The van der Waals surface area contributed by atoms with Crippen LogP contribution in [0.25, 0.3) is 11.3 Å². The lowest BCUT2D eigenvalue weighted by molar-refractivity contribution is 0.102. The minimum atomic E-state index is -0.435. The summed E-state index contributed by atoms with van der Waals surface area (Å²) in [5, 5.41) is 10.1. The van der Waals surface area contributed by atoms with E-state index >= 15 is 0 Å². The highest BCUT2D eigenvalue weighted by Crippen LogP contribution is 2.26. The van der Waals surface area contributed by atoms with Crippen molar-refractivity contribution in [1.29, 1.82) is 0 Å². The third-order valence-electron chi connectivity index (χ3n) is 5.00. The van der Waals surface area contributed by atoms with Gasteiger partial charge in [-0.25, -0.2) is 4.39 Å². The van der Waals surface area contributed by atoms with E-state index in [1.165, 1.54) is 12.1 Å². The number of hydrogen-bond donors (Lipinski definition) is 2. The minimum absolute atomic E-state index is 0.282. The topological polar surface area (TPSA) is 70.2 Å². The van der Waals surface area contributed by atoms with Crippen LogP contribution in [0.5, 0.6) is 0 Å². The zero-order valence-electron chi connectivity index (χ0n) is 16.5. The van der Waals surface area contributed by atoms with Crippen LogP contribution < -0.4 is 10.2 Å². The van der Waals surface area contributed by atoms with Crippen molar-refractivity contribution in [1.82, 2.24) is 10.2 Å². The predicted molar refractivity (Wildman–Crippen MR) is 111 cm³/mol. The van der Waals surface area contributed by atoms with E-state index < -0.39 is 5.82 Å². The number of aromatic amines is 1. The van der Waals surface area contributed by atoms with Crippen LogP contribution in [0.2, 0.25) is 0 Å². The van der Waals surface area contributed by atoms with E-state index in [0.717, 1.165) is 22.5 Å². The highest BCUT2D eigenvalue weighted by molar-refractivity contribution is 6.05. The molecule has 2 heterocycles. The van der Waals surface area contributed by atoms with Crippen LogP contribution in [-0.2, 0) is 4.74 Å². The van der Waals surface area contributed by atoms with Crippen molar-refractivity contribution in [2.45, 2.75) is 13.8 Å². The number of hydrogen-bond acceptors (Lipinski definition) is 4. The molecular formula is C22H23FN4O2. The van der Waals surface area contributed by atoms with Gasteiger partial charge in [-0.3, -0.25) is 9.89 Å². The van der Waals surface area contributed by atoms with Crippen molar-refractivity contribution in [2.24, 2.45) is 0 Å². The third kappa shape index (κ3) is 4.30. The molecule has 3 aromatic rings. The van der Waals surface area contributed by atoms with E-state index in [0.29, 0.717) is 37.7 Å². The summed E-state index contributed by atoms with van der Waals surface area (Å²) in [7, 11) is 0. The fourth-order valence-electron chi connectivity index (χ4n) is 3.44. The van der Waals surface area contributed by atoms with E-state index in [9.17, 15) is 9.18 Å². The number of halogens is 1. The van der Waals surface area contributed by atoms with Gasteiger partial charge in [0.1, 0.15) is 5.82 Å². The average molecular weight is 394 g/mol. The first kappa shape index (κ1) is 19.1. The van der Waals surface area contributed by atoms with Crippen LogP contribution in [0, 0.1) is 19.7 Å². The van der Waals surface area contributed by atoms with Crippen LogP contribution in [0.4, 0.5) is 15.8 Å². The normalized spacial score (nSPS) is 14.1. The fourth-order valence-corrected chi connectivity index (χ4v) is 3.44. The molecule has 0 aliphatic carbocycles. The average Bonchev–Trinajstić information content (AvgIpc) is 3.15. The van der Waals surface area contributed by atoms with Gasteiger partial charge in [-0.05, 0) is 55.8 Å². The number of ether oxygens (including phenoxy) is 1. The van der Waals surface area contributed by atoms with Gasteiger partial charge in [0, 0.05) is 41.3 Å². The Balaban J connectivity index is 1.57. The number of anilines is 2. The van der Waals surface area contributed by atoms with Crippen molar-refractivity contribution >= 4 is 17.3 Å². The fraction of sp³-hybridized carbons (Fsp3) is 0.273. The van der Waals surface area contributed by atoms with Gasteiger partial charge in [0.2, 0.25) is 0 Å². The molecule has 0 saturated carbocycles. The SMILES string of the molecule is Cc1cc(-c2cc(NC(=O)c3cc(F)cc(N4CCOCC4)c3)ccc2C)n[nH]1. The summed E-state index contributed by atoms with van der Waals surface area (Å²) in [6.07, 6.45) is 0. The van der Waals surface area contributed by atoms with Gasteiger partial charge in [-0.2, -0.15) is 5.10 Å². The maximum atomic E-state index is 14.2. The lowest BCUT2D eigenvalue weighted by Crippen LogP contribution is -2.36. The zero-order chi connectivity index (χ0) is 20.4. The van der Waals surface area contributed by atoms with Gasteiger partial charge in [-0.1, -0.05) is 6.07 Å². The van der Waals surface area contributed by atoms with Gasteiger partial charge in [0.25, 0.3) is 5.91 Å². The molecular weight excluding hydrogens is 371 g/mol. The quantitative estimate of drug-likeness (QED) is 0.704. The molecule has 1 saturated heterocycles. The number of nitrogens with zero attached hydrogens (tertiary/aromatic N) is 2. The Kier molecular flexibility index (Phi) is 5.31. The molecule has 0 unspecified atom stereocenters. The molecule has 1 amide bonds. The van der Waals surface area contributed by atoms with Gasteiger partial charge in [0.15, 0.2) is 0 Å². The molecule has 0 bridgehead atoms. The highest BCUT2D eigenvalue weighted by Gasteiger charge is 2.16. The number of benzene rings is 2. The Hall–Kier alpha value is -3.19. The van der Waals surface area contributed by atoms with E-state index in [1.807, 2.05) is 43.0 Å². The number of carbonyl (C=O) groups is 1. The molecule has 29 heavy (non-hydrogen) atoms. The molecule has 0 atom stereocenters. The first-order chi connectivity index (χ1) is 14.0. The largest absolute Gasteiger partial charge is 0.378 e. The number of H-pyrrole nitrogens is 1. The van der Waals surface area contributed by atoms with E-state index in [2.05, 4.69) is 15.5 Å². The molecule has 2 N–H and O–H groups in total. The number of amides is 1. The monoisotopic (exact) mass is 394 g/mol. The molecule has 1 aliphatic rings. The second-order valence-corrected chi connectivity index (χ2v) is 7.22. The van der Waals surface area contributed by atoms with Crippen LogP contribution >= 0.6 is 0 Å². The number of aryl methyl sites for hydroxylation is 2. The first-order valence-corrected chi connectivity index (χ1v) is 9.57. The summed E-state index contributed by atoms with van der Waals surface area (Å²) in [5.41, 5.74) is 5.36. The van der Waals surface area contributed by atoms with Crippen LogP contribution in [-0.4, -0.2) is 42.4 Å². The molecule has 1 aliphatic heterocycles. The van der Waals surface area contributed by atoms with Crippen molar-refractivity contribution in [3.05, 3.63) is 65.1 Å². The molecule has 0 spiro atoms. The summed E-state index contributed by atoms with van der Waals surface area (Å²) >= 11 is 0. The van der Waals surface area contributed by atoms with Crippen molar-refractivity contribution in [3.8, 4) is 11.3 Å². The summed E-state index contributed by atoms with van der Waals surface area (Å²) in [6.45, 7) is 6.47. The molecule has 0 radical (unpaired) electrons. The Bertz CT molecular complexity index is 1040. The highest BCUT2D eigenvalue weighted by atomic mass is 19.1.